The summed E-state index contributed by atoms with van der Waals surface area (Å²) in [5.74, 6) is 0. The average molecular weight is 575 g/mol. The first-order valence-electron chi connectivity index (χ1n) is 12.9. The van der Waals surface area contributed by atoms with Crippen LogP contribution in [0.2, 0.25) is 58.4 Å². The van der Waals surface area contributed by atoms with Crippen molar-refractivity contribution in [1.82, 2.24) is 9.80 Å². The highest BCUT2D eigenvalue weighted by Crippen LogP contribution is 2.21. The summed E-state index contributed by atoms with van der Waals surface area (Å²) in [4.78, 5) is 3.78. The van der Waals surface area contributed by atoms with E-state index in [0.717, 1.165) is 12.5 Å². The molecule has 0 spiro atoms. The van der Waals surface area contributed by atoms with Gasteiger partial charge in [0.15, 0.2) is 8.32 Å². The van der Waals surface area contributed by atoms with Crippen molar-refractivity contribution >= 4 is 25.0 Å². The molecular weight excluding hydrogens is 517 g/mol. The van der Waals surface area contributed by atoms with Crippen LogP contribution in [-0.2, 0) is 8.54 Å². The molecule has 0 saturated heterocycles. The first-order valence-corrected chi connectivity index (χ1v) is 22.9. The molecule has 0 heterocycles. The molecule has 220 valence electrons. The molecule has 0 aromatic carbocycles. The Kier molecular flexibility index (Phi) is 20.6. The molecule has 0 aromatic heterocycles. The lowest BCUT2D eigenvalue weighted by Gasteiger charge is -2.34. The second-order valence-corrected chi connectivity index (χ2v) is 26.4. The van der Waals surface area contributed by atoms with Crippen molar-refractivity contribution in [3.8, 4) is 0 Å². The third kappa shape index (κ3) is 24.6. The fourth-order valence-electron chi connectivity index (χ4n) is 3.37. The monoisotopic (exact) mass is 574 g/mol. The van der Waals surface area contributed by atoms with Crippen molar-refractivity contribution in [3.63, 3.8) is 0 Å². The summed E-state index contributed by atoms with van der Waals surface area (Å²) in [6.45, 7) is 18.9. The van der Waals surface area contributed by atoms with Gasteiger partial charge in [0, 0.05) is 47.9 Å². The van der Waals surface area contributed by atoms with Gasteiger partial charge in [0.25, 0.3) is 0 Å². The van der Waals surface area contributed by atoms with Crippen LogP contribution in [0.1, 0.15) is 6.42 Å². The Labute approximate surface area is 223 Å². The molecule has 0 radical (unpaired) electrons. The minimum Gasteiger partial charge on any atom is -0.436 e. The summed E-state index contributed by atoms with van der Waals surface area (Å²) in [7, 11) is -2.94. The van der Waals surface area contributed by atoms with E-state index >= 15 is 0 Å². The van der Waals surface area contributed by atoms with Gasteiger partial charge in [-0.15, -0.1) is 0 Å². The van der Waals surface area contributed by atoms with Crippen LogP contribution in [-0.4, -0.2) is 150 Å². The van der Waals surface area contributed by atoms with Crippen LogP contribution >= 0.6 is 0 Å². The summed E-state index contributed by atoms with van der Waals surface area (Å²) < 4.78 is 12.0. The van der Waals surface area contributed by atoms with Gasteiger partial charge in [-0.25, -0.2) is 0 Å². The van der Waals surface area contributed by atoms with Gasteiger partial charge in [-0.1, -0.05) is 26.2 Å². The third-order valence-corrected chi connectivity index (χ3v) is 11.1. The molecule has 0 aliphatic heterocycles. The number of hydrogen-bond donors (Lipinski definition) is 6. The van der Waals surface area contributed by atoms with Crippen LogP contribution in [0.15, 0.2) is 0 Å². The van der Waals surface area contributed by atoms with Crippen LogP contribution in [0.5, 0.6) is 0 Å². The van der Waals surface area contributed by atoms with Crippen LogP contribution in [0.3, 0.4) is 0 Å². The molecule has 0 bridgehead atoms. The van der Waals surface area contributed by atoms with Crippen molar-refractivity contribution in [2.75, 3.05) is 66.2 Å². The van der Waals surface area contributed by atoms with E-state index in [-0.39, 0.29) is 26.2 Å². The van der Waals surface area contributed by atoms with E-state index in [9.17, 15) is 20.4 Å². The number of hydrogen-bond acceptors (Lipinski definition) is 10. The third-order valence-electron chi connectivity index (χ3n) is 4.83. The van der Waals surface area contributed by atoms with Gasteiger partial charge in [-0.05, 0) is 45.2 Å². The summed E-state index contributed by atoms with van der Waals surface area (Å²) in [6.07, 6.45) is -1.97. The largest absolute Gasteiger partial charge is 0.436 e. The Morgan fingerprint density at radius 3 is 1.33 bits per heavy atom. The van der Waals surface area contributed by atoms with Crippen molar-refractivity contribution in [1.29, 1.82) is 0 Å². The standard InChI is InChI=1S/C19H46N2O8Si2.C4H12Si/c1-28-31(5,29-30(2,3)4)10-6-7-20(11-17(25)14-22)8-9-21(12-18(26)15-23)13-19(27)16-24;1-5(2,3)4/h17-19,22-27H,6-16H2,1-5H3;1-4H3. The number of rotatable bonds is 19. The highest BCUT2D eigenvalue weighted by Gasteiger charge is 2.35. The lowest BCUT2D eigenvalue weighted by molar-refractivity contribution is 0.0155. The quantitative estimate of drug-likeness (QED) is 0.121. The molecular formula is C23H58N2O8Si3. The maximum Gasteiger partial charge on any atom is 0.324 e. The number of aliphatic hydroxyl groups excluding tert-OH is 6. The van der Waals surface area contributed by atoms with Crippen LogP contribution < -0.4 is 0 Å². The molecule has 0 aliphatic carbocycles. The molecule has 4 atom stereocenters. The minimum absolute atomic E-state index is 0.155. The molecule has 0 saturated carbocycles. The molecule has 4 unspecified atom stereocenters. The molecule has 0 aliphatic rings. The van der Waals surface area contributed by atoms with Gasteiger partial charge in [0.2, 0.25) is 0 Å². The van der Waals surface area contributed by atoms with Crippen molar-refractivity contribution in [2.45, 2.75) is 83.2 Å². The summed E-state index contributed by atoms with van der Waals surface area (Å²) in [6, 6.07) is 0.801. The number of nitrogens with zero attached hydrogens (tertiary/aromatic N) is 2. The minimum atomic E-state index is -2.28. The predicted molar refractivity (Wildman–Crippen MR) is 154 cm³/mol. The van der Waals surface area contributed by atoms with E-state index in [0.29, 0.717) is 19.6 Å². The van der Waals surface area contributed by atoms with Crippen molar-refractivity contribution < 1.29 is 39.2 Å². The summed E-state index contributed by atoms with van der Waals surface area (Å²) in [5.41, 5.74) is 0. The highest BCUT2D eigenvalue weighted by atomic mass is 28.4. The Hall–Kier alpha value is 0.251. The zero-order valence-electron chi connectivity index (χ0n) is 24.4. The fraction of sp³-hybridized carbons (Fsp3) is 1.00. The van der Waals surface area contributed by atoms with E-state index in [1.165, 1.54) is 0 Å². The molecule has 13 heteroatoms. The first kappa shape index (κ1) is 38.4. The lowest BCUT2D eigenvalue weighted by Crippen LogP contribution is -2.48. The maximum atomic E-state index is 9.93. The SMILES string of the molecule is CO[Si](C)(CCCN(CCN(CC(O)CO)CC(O)CO)CC(O)CO)O[Si](C)(C)C.C[Si](C)(C)C. The molecule has 36 heavy (non-hydrogen) atoms. The van der Waals surface area contributed by atoms with Gasteiger partial charge < -0.3 is 39.2 Å². The summed E-state index contributed by atoms with van der Waals surface area (Å²) >= 11 is 0. The summed E-state index contributed by atoms with van der Waals surface area (Å²) in [5, 5.41) is 57.0. The Morgan fingerprint density at radius 1 is 0.639 bits per heavy atom. The van der Waals surface area contributed by atoms with Crippen LogP contribution in [0, 0.1) is 0 Å². The van der Waals surface area contributed by atoms with Gasteiger partial charge in [0.05, 0.1) is 38.1 Å². The van der Waals surface area contributed by atoms with E-state index in [1.54, 1.807) is 12.0 Å². The Balaban J connectivity index is 0. The van der Waals surface area contributed by atoms with E-state index in [2.05, 4.69) is 52.4 Å². The Bertz CT molecular complexity index is 522. The van der Waals surface area contributed by atoms with Gasteiger partial charge in [-0.2, -0.15) is 0 Å². The highest BCUT2D eigenvalue weighted by molar-refractivity contribution is 6.81. The average Bonchev–Trinajstić information content (AvgIpc) is 2.74. The van der Waals surface area contributed by atoms with Gasteiger partial charge in [-0.3, -0.25) is 9.80 Å². The predicted octanol–water partition coefficient (Wildman–Crippen LogP) is 0.564. The Morgan fingerprint density at radius 2 is 1.00 bits per heavy atom. The second-order valence-electron chi connectivity index (χ2n) is 12.2. The number of aliphatic hydroxyl groups is 6. The normalized spacial score (nSPS) is 16.9. The second kappa shape index (κ2) is 19.3. The fourth-order valence-corrected chi connectivity index (χ4v) is 10.3. The lowest BCUT2D eigenvalue weighted by atomic mass is 10.2. The van der Waals surface area contributed by atoms with E-state index in [4.69, 9.17) is 18.8 Å². The van der Waals surface area contributed by atoms with Crippen molar-refractivity contribution in [2.24, 2.45) is 0 Å². The zero-order chi connectivity index (χ0) is 28.6. The molecule has 0 rings (SSSR count). The van der Waals surface area contributed by atoms with E-state index in [1.807, 2.05) is 4.90 Å². The smallest absolute Gasteiger partial charge is 0.324 e. The maximum absolute atomic E-state index is 9.93. The van der Waals surface area contributed by atoms with Crippen LogP contribution in [0.25, 0.3) is 0 Å². The molecule has 0 aromatic rings. The molecule has 6 N–H and O–H groups in total. The first-order chi connectivity index (χ1) is 16.4. The van der Waals surface area contributed by atoms with Crippen LogP contribution in [0.4, 0.5) is 0 Å². The van der Waals surface area contributed by atoms with Crippen molar-refractivity contribution in [3.05, 3.63) is 0 Å². The molecule has 10 nitrogen and oxygen atoms in total. The molecule has 0 amide bonds. The van der Waals surface area contributed by atoms with Gasteiger partial charge >= 0.3 is 8.56 Å². The van der Waals surface area contributed by atoms with E-state index < -0.39 is 56.5 Å². The molecule has 0 fully saturated rings. The topological polar surface area (TPSA) is 146 Å². The van der Waals surface area contributed by atoms with Gasteiger partial charge in [0.1, 0.15) is 0 Å². The zero-order valence-corrected chi connectivity index (χ0v) is 27.4.